The molecular formula is C31H44N4O4. The monoisotopic (exact) mass is 536 g/mol. The van der Waals surface area contributed by atoms with Crippen LogP contribution in [0.4, 0.5) is 0 Å². The standard InChI is InChI=1S/C31H44N4O4/c1-31(2,3)39-28(36)16-15-27(29(32)37)35-19-22-18-20(9-14-25(22)30(35)38)17-21-7-5-6-8-26(21)34-24-12-10-23(33-4)11-13-24/h9,14,18,21,23-24,26-27,34H,5-8,10-13,15-17,19H2,1-3H3,(H2,32,37)/t21-,23?,24?,26+,27+/m1/s1. The number of carbonyl (C=O) groups excluding carboxylic acids is 3. The molecular weight excluding hydrogens is 492 g/mol. The van der Waals surface area contributed by atoms with Gasteiger partial charge in [0.15, 0.2) is 0 Å². The third kappa shape index (κ3) is 7.60. The zero-order valence-corrected chi connectivity index (χ0v) is 23.7. The fourth-order valence-electron chi connectivity index (χ4n) is 6.52. The number of carbonyl (C=O) groups is 3. The van der Waals surface area contributed by atoms with E-state index < -0.39 is 23.5 Å². The first kappa shape index (κ1) is 29.1. The van der Waals surface area contributed by atoms with Crippen molar-refractivity contribution in [2.45, 2.75) is 128 Å². The Kier molecular flexibility index (Phi) is 9.32. The van der Waals surface area contributed by atoms with Crippen molar-refractivity contribution < 1.29 is 19.1 Å². The molecule has 2 fully saturated rings. The summed E-state index contributed by atoms with van der Waals surface area (Å²) in [6, 6.07) is 6.38. The summed E-state index contributed by atoms with van der Waals surface area (Å²) in [4.78, 5) is 43.0. The molecule has 212 valence electrons. The number of nitrogens with two attached hydrogens (primary N) is 1. The molecule has 0 bridgehead atoms. The molecule has 3 atom stereocenters. The highest BCUT2D eigenvalue weighted by Gasteiger charge is 2.37. The second-order valence-electron chi connectivity index (χ2n) is 12.6. The second kappa shape index (κ2) is 12.5. The number of ether oxygens (including phenoxy) is 1. The van der Waals surface area contributed by atoms with Crippen LogP contribution in [0.25, 0.3) is 4.85 Å². The average molecular weight is 537 g/mol. The van der Waals surface area contributed by atoms with Crippen LogP contribution in [0.1, 0.15) is 106 Å². The van der Waals surface area contributed by atoms with Crippen LogP contribution in [0.15, 0.2) is 18.2 Å². The topological polar surface area (TPSA) is 106 Å². The molecule has 0 spiro atoms. The number of amides is 2. The summed E-state index contributed by atoms with van der Waals surface area (Å²) in [5, 5.41) is 3.95. The van der Waals surface area contributed by atoms with Crippen LogP contribution in [-0.2, 0) is 27.3 Å². The Labute approximate surface area is 232 Å². The molecule has 0 saturated heterocycles. The van der Waals surface area contributed by atoms with Crippen molar-refractivity contribution in [1.29, 1.82) is 0 Å². The lowest BCUT2D eigenvalue weighted by Gasteiger charge is -2.36. The molecule has 2 aliphatic carbocycles. The Morgan fingerprint density at radius 2 is 1.87 bits per heavy atom. The number of nitrogens with zero attached hydrogens (tertiary/aromatic N) is 2. The lowest BCUT2D eigenvalue weighted by atomic mass is 9.79. The van der Waals surface area contributed by atoms with E-state index in [0.717, 1.165) is 37.7 Å². The first-order chi connectivity index (χ1) is 18.5. The van der Waals surface area contributed by atoms with Crippen molar-refractivity contribution in [2.75, 3.05) is 0 Å². The number of nitrogens with one attached hydrogen (secondary N) is 1. The van der Waals surface area contributed by atoms with Crippen LogP contribution in [0.5, 0.6) is 0 Å². The van der Waals surface area contributed by atoms with E-state index in [0.29, 0.717) is 30.1 Å². The van der Waals surface area contributed by atoms with E-state index in [-0.39, 0.29) is 24.8 Å². The van der Waals surface area contributed by atoms with Gasteiger partial charge in [-0.25, -0.2) is 6.57 Å². The summed E-state index contributed by atoms with van der Waals surface area (Å²) in [6.45, 7) is 13.0. The van der Waals surface area contributed by atoms with Gasteiger partial charge in [-0.15, -0.1) is 0 Å². The van der Waals surface area contributed by atoms with E-state index >= 15 is 0 Å². The minimum absolute atomic E-state index is 0.0197. The summed E-state index contributed by atoms with van der Waals surface area (Å²) in [5.74, 6) is -0.690. The van der Waals surface area contributed by atoms with E-state index in [1.165, 1.54) is 36.1 Å². The summed E-state index contributed by atoms with van der Waals surface area (Å²) < 4.78 is 5.36. The Bertz CT molecular complexity index is 1100. The van der Waals surface area contributed by atoms with Gasteiger partial charge in [-0.3, -0.25) is 14.4 Å². The summed E-state index contributed by atoms with van der Waals surface area (Å²) in [5.41, 5.74) is 7.81. The maximum atomic E-state index is 13.2. The van der Waals surface area contributed by atoms with Crippen molar-refractivity contribution in [3.63, 3.8) is 0 Å². The van der Waals surface area contributed by atoms with Crippen LogP contribution < -0.4 is 11.1 Å². The van der Waals surface area contributed by atoms with Gasteiger partial charge in [0.2, 0.25) is 11.9 Å². The maximum Gasteiger partial charge on any atom is 0.306 e. The smallest absolute Gasteiger partial charge is 0.306 e. The maximum absolute atomic E-state index is 13.2. The van der Waals surface area contributed by atoms with Crippen LogP contribution in [0, 0.1) is 12.5 Å². The molecule has 2 saturated carbocycles. The van der Waals surface area contributed by atoms with E-state index in [4.69, 9.17) is 17.0 Å². The molecule has 1 aliphatic heterocycles. The third-order valence-electron chi connectivity index (χ3n) is 8.48. The van der Waals surface area contributed by atoms with E-state index in [1.807, 2.05) is 12.1 Å². The number of rotatable bonds is 9. The van der Waals surface area contributed by atoms with Crippen LogP contribution >= 0.6 is 0 Å². The first-order valence-electron chi connectivity index (χ1n) is 14.6. The number of primary amides is 1. The molecule has 8 heteroatoms. The summed E-state index contributed by atoms with van der Waals surface area (Å²) in [7, 11) is 0. The van der Waals surface area contributed by atoms with Crippen molar-refractivity contribution in [1.82, 2.24) is 10.2 Å². The van der Waals surface area contributed by atoms with Crippen molar-refractivity contribution >= 4 is 17.8 Å². The lowest BCUT2D eigenvalue weighted by molar-refractivity contribution is -0.155. The Morgan fingerprint density at radius 1 is 1.15 bits per heavy atom. The summed E-state index contributed by atoms with van der Waals surface area (Å²) >= 11 is 0. The molecule has 39 heavy (non-hydrogen) atoms. The van der Waals surface area contributed by atoms with Gasteiger partial charge in [-0.2, -0.15) is 0 Å². The molecule has 1 heterocycles. The highest BCUT2D eigenvalue weighted by Crippen LogP contribution is 2.32. The Morgan fingerprint density at radius 3 is 2.54 bits per heavy atom. The van der Waals surface area contributed by atoms with Crippen LogP contribution in [0.3, 0.4) is 0 Å². The number of esters is 1. The minimum atomic E-state index is -0.856. The molecule has 8 nitrogen and oxygen atoms in total. The fourth-order valence-corrected chi connectivity index (χ4v) is 6.52. The van der Waals surface area contributed by atoms with Crippen molar-refractivity contribution in [3.8, 4) is 0 Å². The number of hydrogen-bond acceptors (Lipinski definition) is 5. The van der Waals surface area contributed by atoms with Crippen LogP contribution in [0.2, 0.25) is 0 Å². The normalized spacial score (nSPS) is 26.0. The average Bonchev–Trinajstić information content (AvgIpc) is 3.20. The van der Waals surface area contributed by atoms with Gasteiger partial charge < -0.3 is 25.5 Å². The Balaban J connectivity index is 1.38. The predicted octanol–water partition coefficient (Wildman–Crippen LogP) is 4.54. The minimum Gasteiger partial charge on any atom is -0.460 e. The first-order valence-corrected chi connectivity index (χ1v) is 14.6. The number of hydrogen-bond donors (Lipinski definition) is 2. The van der Waals surface area contributed by atoms with Gasteiger partial charge >= 0.3 is 5.97 Å². The largest absolute Gasteiger partial charge is 0.460 e. The molecule has 3 aliphatic rings. The van der Waals surface area contributed by atoms with Gasteiger partial charge in [-0.1, -0.05) is 25.0 Å². The van der Waals surface area contributed by atoms with E-state index in [2.05, 4.69) is 16.2 Å². The number of fused-ring (bicyclic) bond motifs is 1. The lowest BCUT2D eigenvalue weighted by Crippen LogP contribution is -2.46. The van der Waals surface area contributed by atoms with Gasteiger partial charge in [0, 0.05) is 43.5 Å². The summed E-state index contributed by atoms with van der Waals surface area (Å²) in [6.07, 6.45) is 10.1. The molecule has 0 radical (unpaired) electrons. The van der Waals surface area contributed by atoms with Crippen molar-refractivity contribution in [2.24, 2.45) is 11.7 Å². The second-order valence-corrected chi connectivity index (χ2v) is 12.6. The third-order valence-corrected chi connectivity index (χ3v) is 8.48. The van der Waals surface area contributed by atoms with Crippen molar-refractivity contribution in [3.05, 3.63) is 46.3 Å². The molecule has 3 N–H and O–H groups in total. The molecule has 2 amide bonds. The quantitative estimate of drug-likeness (QED) is 0.356. The van der Waals surface area contributed by atoms with Gasteiger partial charge in [0.05, 0.1) is 0 Å². The van der Waals surface area contributed by atoms with E-state index in [9.17, 15) is 14.4 Å². The molecule has 1 aromatic carbocycles. The zero-order chi connectivity index (χ0) is 28.2. The zero-order valence-electron chi connectivity index (χ0n) is 23.7. The number of benzene rings is 1. The molecule has 1 aromatic rings. The van der Waals surface area contributed by atoms with Gasteiger partial charge in [0.25, 0.3) is 5.91 Å². The molecule has 0 aromatic heterocycles. The highest BCUT2D eigenvalue weighted by molar-refractivity contribution is 6.01. The highest BCUT2D eigenvalue weighted by atomic mass is 16.6. The van der Waals surface area contributed by atoms with Crippen LogP contribution in [-0.4, -0.2) is 52.5 Å². The SMILES string of the molecule is [C-]#[N+]C1CCC(N[C@H]2CCCC[C@@H]2Cc2ccc3c(c2)CN([C@@H](CCC(=O)OC(C)(C)C)C(N)=O)C3=O)CC1. The predicted molar refractivity (Wildman–Crippen MR) is 150 cm³/mol. The molecule has 0 unspecified atom stereocenters. The Hall–Kier alpha value is -2.92. The van der Waals surface area contributed by atoms with Gasteiger partial charge in [0.1, 0.15) is 11.6 Å². The van der Waals surface area contributed by atoms with Gasteiger partial charge in [-0.05, 0) is 82.4 Å². The molecule has 4 rings (SSSR count). The van der Waals surface area contributed by atoms with E-state index in [1.54, 1.807) is 20.8 Å². The fraction of sp³-hybridized carbons (Fsp3) is 0.677.